The van der Waals surface area contributed by atoms with Crippen LogP contribution in [0, 0.1) is 6.92 Å². The monoisotopic (exact) mass is 442 g/mol. The van der Waals surface area contributed by atoms with Gasteiger partial charge in [0.25, 0.3) is 11.6 Å². The first kappa shape index (κ1) is 20.7. The number of aromatic nitrogens is 2. The number of rotatable bonds is 6. The number of nitrogens with zero attached hydrogens (tertiary/aromatic N) is 2. The van der Waals surface area contributed by atoms with E-state index in [0.29, 0.717) is 59.8 Å². The fraction of sp³-hybridized carbons (Fsp3) is 0.200. The van der Waals surface area contributed by atoms with Gasteiger partial charge in [-0.05, 0) is 43.2 Å². The second-order valence-electron chi connectivity index (χ2n) is 7.84. The van der Waals surface area contributed by atoms with Crippen molar-refractivity contribution in [2.45, 2.75) is 19.8 Å². The number of amides is 2. The Morgan fingerprint density at radius 2 is 2.00 bits per heavy atom. The Bertz CT molecular complexity index is 1350. The highest BCUT2D eigenvalue weighted by atomic mass is 16.5. The second kappa shape index (κ2) is 8.74. The molecule has 33 heavy (non-hydrogen) atoms. The first-order valence-electron chi connectivity index (χ1n) is 10.7. The molecule has 0 saturated heterocycles. The average Bonchev–Trinajstić information content (AvgIpc) is 3.22. The minimum Gasteiger partial charge on any atom is -0.492 e. The topological polar surface area (TPSA) is 106 Å². The van der Waals surface area contributed by atoms with Crippen molar-refractivity contribution >= 4 is 28.6 Å². The van der Waals surface area contributed by atoms with Gasteiger partial charge in [0.05, 0.1) is 28.9 Å². The number of benzene rings is 2. The summed E-state index contributed by atoms with van der Waals surface area (Å²) in [4.78, 5) is 29.0. The van der Waals surface area contributed by atoms with Crippen molar-refractivity contribution in [3.05, 3.63) is 71.4 Å². The van der Waals surface area contributed by atoms with Crippen LogP contribution in [0.15, 0.2) is 59.1 Å². The minimum absolute atomic E-state index is 0.0302. The van der Waals surface area contributed by atoms with Crippen molar-refractivity contribution in [3.63, 3.8) is 0 Å². The first-order valence-corrected chi connectivity index (χ1v) is 10.7. The van der Waals surface area contributed by atoms with Crippen LogP contribution in [0.3, 0.4) is 0 Å². The highest BCUT2D eigenvalue weighted by Gasteiger charge is 2.19. The maximum absolute atomic E-state index is 13.0. The second-order valence-corrected chi connectivity index (χ2v) is 7.84. The van der Waals surface area contributed by atoms with E-state index >= 15 is 0 Å². The van der Waals surface area contributed by atoms with Crippen molar-refractivity contribution in [2.24, 2.45) is 0 Å². The third kappa shape index (κ3) is 4.27. The summed E-state index contributed by atoms with van der Waals surface area (Å²) in [5.41, 5.74) is 4.80. The molecule has 2 N–H and O–H groups in total. The van der Waals surface area contributed by atoms with Gasteiger partial charge in [-0.25, -0.2) is 4.98 Å². The highest BCUT2D eigenvalue weighted by Crippen LogP contribution is 2.28. The SMILES string of the molecule is Cc1noc2nc(-c3ccccc3)cc(C(=O)NCCOc3ccc4c(c3)CCC(=O)N4)c12. The number of hydrogen-bond donors (Lipinski definition) is 2. The molecule has 8 nitrogen and oxygen atoms in total. The Kier molecular flexibility index (Phi) is 5.48. The Morgan fingerprint density at radius 3 is 2.85 bits per heavy atom. The standard InChI is InChI=1S/C25H22N4O4/c1-15-23-19(14-21(28-25(23)33-29-15)16-5-3-2-4-6-16)24(31)26-11-12-32-18-8-9-20-17(13-18)7-10-22(30)27-20/h2-6,8-9,13-14H,7,10-12H2,1H3,(H,26,31)(H,27,30). The van der Waals surface area contributed by atoms with Crippen LogP contribution in [-0.4, -0.2) is 35.1 Å². The number of fused-ring (bicyclic) bond motifs is 2. The van der Waals surface area contributed by atoms with Crippen LogP contribution in [0.1, 0.15) is 28.0 Å². The molecule has 0 fully saturated rings. The molecule has 2 amide bonds. The molecule has 1 aliphatic rings. The summed E-state index contributed by atoms with van der Waals surface area (Å²) < 4.78 is 11.1. The number of pyridine rings is 1. The zero-order valence-electron chi connectivity index (χ0n) is 18.1. The molecule has 5 rings (SSSR count). The largest absolute Gasteiger partial charge is 0.492 e. The lowest BCUT2D eigenvalue weighted by atomic mass is 10.0. The van der Waals surface area contributed by atoms with Gasteiger partial charge in [-0.2, -0.15) is 0 Å². The van der Waals surface area contributed by atoms with E-state index in [0.717, 1.165) is 16.8 Å². The summed E-state index contributed by atoms with van der Waals surface area (Å²) >= 11 is 0. The average molecular weight is 442 g/mol. The molecule has 3 heterocycles. The van der Waals surface area contributed by atoms with E-state index in [1.165, 1.54) is 0 Å². The number of carbonyl (C=O) groups is 2. The van der Waals surface area contributed by atoms with Gasteiger partial charge in [0, 0.05) is 17.7 Å². The van der Waals surface area contributed by atoms with E-state index in [1.54, 1.807) is 13.0 Å². The molecular formula is C25H22N4O4. The molecule has 4 aromatic rings. The van der Waals surface area contributed by atoms with E-state index in [2.05, 4.69) is 20.8 Å². The van der Waals surface area contributed by atoms with Gasteiger partial charge < -0.3 is 19.9 Å². The van der Waals surface area contributed by atoms with E-state index in [1.807, 2.05) is 48.5 Å². The normalized spacial score (nSPS) is 12.8. The molecule has 1 aliphatic heterocycles. The van der Waals surface area contributed by atoms with E-state index in [9.17, 15) is 9.59 Å². The van der Waals surface area contributed by atoms with Gasteiger partial charge in [0.1, 0.15) is 12.4 Å². The number of carbonyl (C=O) groups excluding carboxylic acids is 2. The Balaban J connectivity index is 1.28. The molecule has 0 unspecified atom stereocenters. The third-order valence-corrected chi connectivity index (χ3v) is 5.56. The predicted octanol–water partition coefficient (Wildman–Crippen LogP) is 3.89. The van der Waals surface area contributed by atoms with Gasteiger partial charge in [0.15, 0.2) is 0 Å². The lowest BCUT2D eigenvalue weighted by Crippen LogP contribution is -2.28. The van der Waals surface area contributed by atoms with Crippen molar-refractivity contribution in [1.29, 1.82) is 0 Å². The van der Waals surface area contributed by atoms with Gasteiger partial charge >= 0.3 is 0 Å². The van der Waals surface area contributed by atoms with Gasteiger partial charge in [-0.15, -0.1) is 0 Å². The summed E-state index contributed by atoms with van der Waals surface area (Å²) in [6, 6.07) is 16.9. The first-order chi connectivity index (χ1) is 16.1. The van der Waals surface area contributed by atoms with Gasteiger partial charge in [0.2, 0.25) is 5.91 Å². The van der Waals surface area contributed by atoms with E-state index < -0.39 is 0 Å². The van der Waals surface area contributed by atoms with Crippen LogP contribution in [0.4, 0.5) is 5.69 Å². The van der Waals surface area contributed by atoms with Gasteiger partial charge in [-0.1, -0.05) is 35.5 Å². The van der Waals surface area contributed by atoms with Crippen LogP contribution in [-0.2, 0) is 11.2 Å². The molecule has 2 aromatic carbocycles. The molecule has 0 spiro atoms. The molecule has 0 atom stereocenters. The maximum atomic E-state index is 13.0. The van der Waals surface area contributed by atoms with Crippen LogP contribution < -0.4 is 15.4 Å². The number of ether oxygens (including phenoxy) is 1. The van der Waals surface area contributed by atoms with Gasteiger partial charge in [-0.3, -0.25) is 9.59 Å². The number of hydrogen-bond acceptors (Lipinski definition) is 6. The molecule has 2 aromatic heterocycles. The Morgan fingerprint density at radius 1 is 1.15 bits per heavy atom. The highest BCUT2D eigenvalue weighted by molar-refractivity contribution is 6.07. The molecule has 0 saturated carbocycles. The zero-order valence-corrected chi connectivity index (χ0v) is 18.1. The molecule has 0 radical (unpaired) electrons. The Labute approximate surface area is 189 Å². The number of aryl methyl sites for hydroxylation is 2. The lowest BCUT2D eigenvalue weighted by molar-refractivity contribution is -0.116. The summed E-state index contributed by atoms with van der Waals surface area (Å²) in [7, 11) is 0. The van der Waals surface area contributed by atoms with Crippen molar-refractivity contribution in [2.75, 3.05) is 18.5 Å². The van der Waals surface area contributed by atoms with E-state index in [4.69, 9.17) is 9.26 Å². The number of nitrogens with one attached hydrogen (secondary N) is 2. The summed E-state index contributed by atoms with van der Waals surface area (Å²) in [6.45, 7) is 2.41. The van der Waals surface area contributed by atoms with Crippen molar-refractivity contribution < 1.29 is 18.8 Å². The minimum atomic E-state index is -0.248. The summed E-state index contributed by atoms with van der Waals surface area (Å²) in [5.74, 6) is 0.483. The van der Waals surface area contributed by atoms with E-state index in [-0.39, 0.29) is 11.8 Å². The lowest BCUT2D eigenvalue weighted by Gasteiger charge is -2.17. The van der Waals surface area contributed by atoms with Crippen molar-refractivity contribution in [1.82, 2.24) is 15.5 Å². The fourth-order valence-corrected chi connectivity index (χ4v) is 3.91. The molecule has 0 aliphatic carbocycles. The molecule has 0 bridgehead atoms. The van der Waals surface area contributed by atoms with Crippen LogP contribution in [0.25, 0.3) is 22.4 Å². The number of anilines is 1. The maximum Gasteiger partial charge on any atom is 0.259 e. The smallest absolute Gasteiger partial charge is 0.259 e. The summed E-state index contributed by atoms with van der Waals surface area (Å²) in [6.07, 6.45) is 1.16. The summed E-state index contributed by atoms with van der Waals surface area (Å²) in [5, 5.41) is 10.3. The quantitative estimate of drug-likeness (QED) is 0.439. The Hall–Kier alpha value is -4.20. The van der Waals surface area contributed by atoms with Crippen LogP contribution in [0.5, 0.6) is 5.75 Å². The molecular weight excluding hydrogens is 420 g/mol. The molecule has 8 heteroatoms. The van der Waals surface area contributed by atoms with Crippen LogP contribution >= 0.6 is 0 Å². The molecule has 166 valence electrons. The zero-order chi connectivity index (χ0) is 22.8. The predicted molar refractivity (Wildman–Crippen MR) is 123 cm³/mol. The van der Waals surface area contributed by atoms with Crippen LogP contribution in [0.2, 0.25) is 0 Å². The van der Waals surface area contributed by atoms with Crippen molar-refractivity contribution in [3.8, 4) is 17.0 Å². The third-order valence-electron chi connectivity index (χ3n) is 5.56. The fourth-order valence-electron chi connectivity index (χ4n) is 3.91.